The summed E-state index contributed by atoms with van der Waals surface area (Å²) in [7, 11) is 0. The zero-order valence-electron chi connectivity index (χ0n) is 11.6. The SMILES string of the molecule is CC(C)CC(C)OCc1cccc(C#CCN)c1. The maximum absolute atomic E-state index is 5.83. The first-order valence-corrected chi connectivity index (χ1v) is 6.51. The van der Waals surface area contributed by atoms with Crippen molar-refractivity contribution in [3.8, 4) is 11.8 Å². The van der Waals surface area contributed by atoms with Crippen LogP contribution in [0.3, 0.4) is 0 Å². The summed E-state index contributed by atoms with van der Waals surface area (Å²) >= 11 is 0. The van der Waals surface area contributed by atoms with Crippen LogP contribution in [0.15, 0.2) is 24.3 Å². The summed E-state index contributed by atoms with van der Waals surface area (Å²) in [6, 6.07) is 8.12. The van der Waals surface area contributed by atoms with Gasteiger partial charge in [-0.2, -0.15) is 0 Å². The molecule has 1 aromatic rings. The Hall–Kier alpha value is -1.30. The quantitative estimate of drug-likeness (QED) is 0.809. The molecule has 0 aliphatic carbocycles. The van der Waals surface area contributed by atoms with Gasteiger partial charge in [-0.15, -0.1) is 0 Å². The summed E-state index contributed by atoms with van der Waals surface area (Å²) < 4.78 is 5.83. The zero-order valence-corrected chi connectivity index (χ0v) is 11.6. The molecule has 0 saturated heterocycles. The fraction of sp³-hybridized carbons (Fsp3) is 0.500. The first-order chi connectivity index (χ1) is 8.61. The lowest BCUT2D eigenvalue weighted by atomic mass is 10.1. The van der Waals surface area contributed by atoms with Gasteiger partial charge in [0.05, 0.1) is 19.3 Å². The molecule has 1 rings (SSSR count). The Kier molecular flexibility index (Phi) is 6.49. The molecule has 0 amide bonds. The average Bonchev–Trinajstić information content (AvgIpc) is 2.33. The summed E-state index contributed by atoms with van der Waals surface area (Å²) in [5.41, 5.74) is 7.52. The summed E-state index contributed by atoms with van der Waals surface area (Å²) in [6.45, 7) is 7.59. The molecule has 0 saturated carbocycles. The molecule has 2 heteroatoms. The molecule has 1 atom stereocenters. The second-order valence-electron chi connectivity index (χ2n) is 4.96. The second-order valence-corrected chi connectivity index (χ2v) is 4.96. The average molecular weight is 245 g/mol. The van der Waals surface area contributed by atoms with E-state index in [4.69, 9.17) is 10.5 Å². The van der Waals surface area contributed by atoms with Crippen LogP contribution in [0.4, 0.5) is 0 Å². The van der Waals surface area contributed by atoms with Gasteiger partial charge in [0, 0.05) is 5.56 Å². The lowest BCUT2D eigenvalue weighted by Crippen LogP contribution is -2.11. The van der Waals surface area contributed by atoms with Crippen molar-refractivity contribution >= 4 is 0 Å². The normalized spacial score (nSPS) is 12.1. The minimum absolute atomic E-state index is 0.295. The van der Waals surface area contributed by atoms with E-state index in [2.05, 4.69) is 44.7 Å². The molecule has 0 fully saturated rings. The van der Waals surface area contributed by atoms with Gasteiger partial charge in [0.2, 0.25) is 0 Å². The molecule has 2 N–H and O–H groups in total. The van der Waals surface area contributed by atoms with Crippen LogP contribution >= 0.6 is 0 Å². The number of hydrogen-bond donors (Lipinski definition) is 1. The van der Waals surface area contributed by atoms with Crippen molar-refractivity contribution in [2.75, 3.05) is 6.54 Å². The fourth-order valence-electron chi connectivity index (χ4n) is 1.86. The molecule has 98 valence electrons. The first-order valence-electron chi connectivity index (χ1n) is 6.51. The van der Waals surface area contributed by atoms with Crippen LogP contribution in [0.2, 0.25) is 0 Å². The van der Waals surface area contributed by atoms with Crippen molar-refractivity contribution in [2.45, 2.75) is 39.9 Å². The van der Waals surface area contributed by atoms with E-state index < -0.39 is 0 Å². The highest BCUT2D eigenvalue weighted by atomic mass is 16.5. The topological polar surface area (TPSA) is 35.2 Å². The van der Waals surface area contributed by atoms with Crippen LogP contribution in [-0.4, -0.2) is 12.6 Å². The standard InChI is InChI=1S/C16H23NO/c1-13(2)10-14(3)18-12-16-7-4-6-15(11-16)8-5-9-17/h4,6-7,11,13-14H,9-10,12,17H2,1-3H3. The summed E-state index contributed by atoms with van der Waals surface area (Å²) in [5.74, 6) is 6.56. The predicted octanol–water partition coefficient (Wildman–Crippen LogP) is 2.95. The number of nitrogens with two attached hydrogens (primary N) is 1. The van der Waals surface area contributed by atoms with E-state index in [1.807, 2.05) is 12.1 Å². The third-order valence-electron chi connectivity index (χ3n) is 2.60. The Bertz CT molecular complexity index is 415. The Morgan fingerprint density at radius 2 is 2.06 bits per heavy atom. The zero-order chi connectivity index (χ0) is 13.4. The van der Waals surface area contributed by atoms with Gasteiger partial charge in [0.1, 0.15) is 0 Å². The fourth-order valence-corrected chi connectivity index (χ4v) is 1.86. The molecule has 2 nitrogen and oxygen atoms in total. The van der Waals surface area contributed by atoms with E-state index in [-0.39, 0.29) is 0 Å². The molecule has 1 aromatic carbocycles. The van der Waals surface area contributed by atoms with Crippen LogP contribution in [-0.2, 0) is 11.3 Å². The van der Waals surface area contributed by atoms with Gasteiger partial charge < -0.3 is 10.5 Å². The molecule has 0 aliphatic rings. The highest BCUT2D eigenvalue weighted by Crippen LogP contribution is 2.11. The van der Waals surface area contributed by atoms with Crippen LogP contribution < -0.4 is 5.73 Å². The first kappa shape index (κ1) is 14.8. The number of hydrogen-bond acceptors (Lipinski definition) is 2. The molecule has 0 aromatic heterocycles. The molecular formula is C16H23NO. The molecular weight excluding hydrogens is 222 g/mol. The minimum atomic E-state index is 0.295. The van der Waals surface area contributed by atoms with Crippen molar-refractivity contribution < 1.29 is 4.74 Å². The van der Waals surface area contributed by atoms with E-state index >= 15 is 0 Å². The molecule has 18 heavy (non-hydrogen) atoms. The van der Waals surface area contributed by atoms with Gasteiger partial charge in [0.15, 0.2) is 0 Å². The van der Waals surface area contributed by atoms with Crippen LogP contribution in [0.5, 0.6) is 0 Å². The maximum atomic E-state index is 5.83. The van der Waals surface area contributed by atoms with Gasteiger partial charge in [0.25, 0.3) is 0 Å². The van der Waals surface area contributed by atoms with Crippen molar-refractivity contribution in [3.63, 3.8) is 0 Å². The van der Waals surface area contributed by atoms with Gasteiger partial charge in [-0.3, -0.25) is 0 Å². The number of rotatable bonds is 5. The van der Waals surface area contributed by atoms with Crippen molar-refractivity contribution in [1.82, 2.24) is 0 Å². The molecule has 0 aliphatic heterocycles. The Labute approximate surface area is 111 Å². The van der Waals surface area contributed by atoms with Crippen molar-refractivity contribution in [2.24, 2.45) is 11.7 Å². The van der Waals surface area contributed by atoms with Gasteiger partial charge in [-0.1, -0.05) is 37.8 Å². The summed E-state index contributed by atoms with van der Waals surface area (Å²) in [6.07, 6.45) is 1.39. The third kappa shape index (κ3) is 5.86. The van der Waals surface area contributed by atoms with Crippen LogP contribution in [0.1, 0.15) is 38.3 Å². The van der Waals surface area contributed by atoms with Crippen LogP contribution in [0, 0.1) is 17.8 Å². The van der Waals surface area contributed by atoms with E-state index in [0.717, 1.165) is 17.5 Å². The Balaban J connectivity index is 2.52. The smallest absolute Gasteiger partial charge is 0.0720 e. The number of benzene rings is 1. The monoisotopic (exact) mass is 245 g/mol. The van der Waals surface area contributed by atoms with Gasteiger partial charge in [-0.25, -0.2) is 0 Å². The predicted molar refractivity (Wildman–Crippen MR) is 76.1 cm³/mol. The van der Waals surface area contributed by atoms with Crippen LogP contribution in [0.25, 0.3) is 0 Å². The van der Waals surface area contributed by atoms with Crippen molar-refractivity contribution in [1.29, 1.82) is 0 Å². The van der Waals surface area contributed by atoms with Crippen molar-refractivity contribution in [3.05, 3.63) is 35.4 Å². The van der Waals surface area contributed by atoms with Gasteiger partial charge in [-0.05, 0) is 37.0 Å². The third-order valence-corrected chi connectivity index (χ3v) is 2.60. The lowest BCUT2D eigenvalue weighted by Gasteiger charge is -2.15. The van der Waals surface area contributed by atoms with E-state index in [0.29, 0.717) is 25.2 Å². The van der Waals surface area contributed by atoms with E-state index in [1.165, 1.54) is 0 Å². The van der Waals surface area contributed by atoms with Gasteiger partial charge >= 0.3 is 0 Å². The highest BCUT2D eigenvalue weighted by Gasteiger charge is 2.05. The molecule has 0 heterocycles. The van der Waals surface area contributed by atoms with E-state index in [9.17, 15) is 0 Å². The molecule has 0 radical (unpaired) electrons. The Morgan fingerprint density at radius 3 is 2.72 bits per heavy atom. The highest BCUT2D eigenvalue weighted by molar-refractivity contribution is 5.37. The summed E-state index contributed by atoms with van der Waals surface area (Å²) in [5, 5.41) is 0. The minimum Gasteiger partial charge on any atom is -0.374 e. The number of ether oxygens (including phenoxy) is 1. The largest absolute Gasteiger partial charge is 0.374 e. The second kappa shape index (κ2) is 7.92. The lowest BCUT2D eigenvalue weighted by molar-refractivity contribution is 0.0397. The maximum Gasteiger partial charge on any atom is 0.0720 e. The molecule has 0 spiro atoms. The molecule has 1 unspecified atom stereocenters. The Morgan fingerprint density at radius 1 is 1.28 bits per heavy atom. The van der Waals surface area contributed by atoms with E-state index in [1.54, 1.807) is 0 Å². The summed E-state index contributed by atoms with van der Waals surface area (Å²) in [4.78, 5) is 0. The molecule has 0 bridgehead atoms.